The molecule has 1 aliphatic carbocycles. The van der Waals surface area contributed by atoms with E-state index in [9.17, 15) is 9.90 Å². The molecule has 0 heterocycles. The molecule has 4 nitrogen and oxygen atoms in total. The summed E-state index contributed by atoms with van der Waals surface area (Å²) in [5.74, 6) is 0.0907. The number of amides is 1. The minimum absolute atomic E-state index is 0.0907. The summed E-state index contributed by atoms with van der Waals surface area (Å²) in [6, 6.07) is 0.368. The topological polar surface area (TPSA) is 52.6 Å². The van der Waals surface area contributed by atoms with E-state index in [1.54, 1.807) is 13.8 Å². The molecule has 18 heavy (non-hydrogen) atoms. The molecule has 4 heteroatoms. The van der Waals surface area contributed by atoms with Gasteiger partial charge in [0.2, 0.25) is 5.91 Å². The van der Waals surface area contributed by atoms with Gasteiger partial charge in [-0.25, -0.2) is 0 Å². The van der Waals surface area contributed by atoms with Gasteiger partial charge in [-0.15, -0.1) is 0 Å². The third kappa shape index (κ3) is 6.36. The number of nitrogens with one attached hydrogen (secondary N) is 1. The number of carbonyl (C=O) groups excluding carboxylic acids is 1. The predicted molar refractivity (Wildman–Crippen MR) is 73.4 cm³/mol. The van der Waals surface area contributed by atoms with E-state index < -0.39 is 5.60 Å². The summed E-state index contributed by atoms with van der Waals surface area (Å²) in [6.45, 7) is 7.25. The van der Waals surface area contributed by atoms with Crippen molar-refractivity contribution in [3.05, 3.63) is 0 Å². The van der Waals surface area contributed by atoms with E-state index in [4.69, 9.17) is 0 Å². The molecule has 1 aliphatic rings. The first kappa shape index (κ1) is 15.4. The van der Waals surface area contributed by atoms with Crippen molar-refractivity contribution in [1.29, 1.82) is 0 Å². The number of carbonyl (C=O) groups is 1. The van der Waals surface area contributed by atoms with Crippen molar-refractivity contribution >= 4 is 5.91 Å². The molecule has 0 radical (unpaired) electrons. The van der Waals surface area contributed by atoms with Gasteiger partial charge < -0.3 is 10.4 Å². The predicted octanol–water partition coefficient (Wildman–Crippen LogP) is 1.53. The van der Waals surface area contributed by atoms with Gasteiger partial charge in [0.25, 0.3) is 0 Å². The first-order valence-corrected chi connectivity index (χ1v) is 7.15. The number of nitrogens with zero attached hydrogens (tertiary/aromatic N) is 1. The molecule has 1 saturated carbocycles. The SMILES string of the molecule is CCN(CC(=O)NC1CCCCC1)CC(C)(C)O. The van der Waals surface area contributed by atoms with E-state index in [-0.39, 0.29) is 5.91 Å². The summed E-state index contributed by atoms with van der Waals surface area (Å²) in [5, 5.41) is 12.9. The van der Waals surface area contributed by atoms with Gasteiger partial charge in [0, 0.05) is 12.6 Å². The van der Waals surface area contributed by atoms with Gasteiger partial charge in [0.05, 0.1) is 12.1 Å². The minimum Gasteiger partial charge on any atom is -0.389 e. The molecule has 106 valence electrons. The standard InChI is InChI=1S/C14H28N2O2/c1-4-16(11-14(2,3)18)10-13(17)15-12-8-6-5-7-9-12/h12,18H,4-11H2,1-3H3,(H,15,17). The molecule has 1 rings (SSSR count). The van der Waals surface area contributed by atoms with Crippen LogP contribution in [0.4, 0.5) is 0 Å². The van der Waals surface area contributed by atoms with E-state index >= 15 is 0 Å². The first-order valence-electron chi connectivity index (χ1n) is 7.15. The van der Waals surface area contributed by atoms with E-state index in [0.29, 0.717) is 19.1 Å². The second-order valence-corrected chi connectivity index (χ2v) is 6.02. The molecule has 0 saturated heterocycles. The largest absolute Gasteiger partial charge is 0.389 e. The maximum Gasteiger partial charge on any atom is 0.234 e. The number of hydrogen-bond donors (Lipinski definition) is 2. The second kappa shape index (κ2) is 7.10. The van der Waals surface area contributed by atoms with Crippen LogP contribution in [0.1, 0.15) is 52.9 Å². The second-order valence-electron chi connectivity index (χ2n) is 6.02. The third-order valence-corrected chi connectivity index (χ3v) is 3.40. The fourth-order valence-electron chi connectivity index (χ4n) is 2.55. The molecular formula is C14H28N2O2. The van der Waals surface area contributed by atoms with E-state index in [2.05, 4.69) is 5.32 Å². The lowest BCUT2D eigenvalue weighted by Gasteiger charge is -2.29. The smallest absolute Gasteiger partial charge is 0.234 e. The maximum absolute atomic E-state index is 11.9. The Morgan fingerprint density at radius 3 is 2.44 bits per heavy atom. The summed E-state index contributed by atoms with van der Waals surface area (Å²) in [6.07, 6.45) is 5.98. The number of likely N-dealkylation sites (N-methyl/N-ethyl adjacent to an activating group) is 1. The molecule has 0 aromatic heterocycles. The van der Waals surface area contributed by atoms with Crippen LogP contribution < -0.4 is 5.32 Å². The first-order chi connectivity index (χ1) is 8.40. The van der Waals surface area contributed by atoms with Crippen LogP contribution in [-0.2, 0) is 4.79 Å². The van der Waals surface area contributed by atoms with Crippen molar-refractivity contribution in [3.8, 4) is 0 Å². The molecule has 0 bridgehead atoms. The highest BCUT2D eigenvalue weighted by molar-refractivity contribution is 5.78. The average molecular weight is 256 g/mol. The summed E-state index contributed by atoms with van der Waals surface area (Å²) in [7, 11) is 0. The maximum atomic E-state index is 11.9. The lowest BCUT2D eigenvalue weighted by atomic mass is 9.95. The molecule has 0 aliphatic heterocycles. The van der Waals surface area contributed by atoms with Gasteiger partial charge >= 0.3 is 0 Å². The van der Waals surface area contributed by atoms with Crippen molar-refractivity contribution in [2.75, 3.05) is 19.6 Å². The van der Waals surface area contributed by atoms with Crippen LogP contribution in [0, 0.1) is 0 Å². The Hall–Kier alpha value is -0.610. The summed E-state index contributed by atoms with van der Waals surface area (Å²) in [5.41, 5.74) is -0.749. The van der Waals surface area contributed by atoms with Crippen LogP contribution in [0.3, 0.4) is 0 Å². The zero-order chi connectivity index (χ0) is 13.6. The van der Waals surface area contributed by atoms with Gasteiger partial charge in [-0.2, -0.15) is 0 Å². The Kier molecular flexibility index (Phi) is 6.09. The zero-order valence-electron chi connectivity index (χ0n) is 12.0. The number of rotatable bonds is 6. The monoisotopic (exact) mass is 256 g/mol. The third-order valence-electron chi connectivity index (χ3n) is 3.40. The Bertz CT molecular complexity index is 255. The fraction of sp³-hybridized carbons (Fsp3) is 0.929. The Balaban J connectivity index is 2.32. The van der Waals surface area contributed by atoms with Crippen LogP contribution >= 0.6 is 0 Å². The summed E-state index contributed by atoms with van der Waals surface area (Å²) >= 11 is 0. The fourth-order valence-corrected chi connectivity index (χ4v) is 2.55. The Morgan fingerprint density at radius 2 is 1.94 bits per heavy atom. The van der Waals surface area contributed by atoms with Gasteiger partial charge in [0.1, 0.15) is 0 Å². The zero-order valence-corrected chi connectivity index (χ0v) is 12.0. The van der Waals surface area contributed by atoms with Crippen molar-refractivity contribution in [2.45, 2.75) is 64.5 Å². The van der Waals surface area contributed by atoms with Crippen LogP contribution in [0.25, 0.3) is 0 Å². The quantitative estimate of drug-likeness (QED) is 0.758. The Labute approximate surface area is 111 Å². The molecule has 0 aromatic rings. The molecule has 0 spiro atoms. The van der Waals surface area contributed by atoms with E-state index in [1.807, 2.05) is 11.8 Å². The van der Waals surface area contributed by atoms with Gasteiger partial charge in [-0.05, 0) is 33.2 Å². The average Bonchev–Trinajstić information content (AvgIpc) is 2.27. The van der Waals surface area contributed by atoms with Gasteiger partial charge in [-0.1, -0.05) is 26.2 Å². The molecule has 1 fully saturated rings. The normalized spacial score (nSPS) is 18.1. The van der Waals surface area contributed by atoms with Crippen molar-refractivity contribution in [3.63, 3.8) is 0 Å². The Morgan fingerprint density at radius 1 is 1.33 bits per heavy atom. The molecule has 2 N–H and O–H groups in total. The highest BCUT2D eigenvalue weighted by atomic mass is 16.3. The van der Waals surface area contributed by atoms with Gasteiger partial charge in [0.15, 0.2) is 0 Å². The lowest BCUT2D eigenvalue weighted by Crippen LogP contribution is -2.46. The van der Waals surface area contributed by atoms with E-state index in [1.165, 1.54) is 19.3 Å². The summed E-state index contributed by atoms with van der Waals surface area (Å²) in [4.78, 5) is 13.9. The van der Waals surface area contributed by atoms with Crippen LogP contribution in [0.5, 0.6) is 0 Å². The van der Waals surface area contributed by atoms with Crippen molar-refractivity contribution < 1.29 is 9.90 Å². The molecular weight excluding hydrogens is 228 g/mol. The highest BCUT2D eigenvalue weighted by Crippen LogP contribution is 2.17. The molecule has 0 aromatic carbocycles. The van der Waals surface area contributed by atoms with E-state index in [0.717, 1.165) is 19.4 Å². The van der Waals surface area contributed by atoms with Crippen LogP contribution in [0.2, 0.25) is 0 Å². The van der Waals surface area contributed by atoms with Crippen molar-refractivity contribution in [1.82, 2.24) is 10.2 Å². The minimum atomic E-state index is -0.749. The summed E-state index contributed by atoms with van der Waals surface area (Å²) < 4.78 is 0. The highest BCUT2D eigenvalue weighted by Gasteiger charge is 2.21. The molecule has 0 atom stereocenters. The molecule has 1 amide bonds. The van der Waals surface area contributed by atoms with Crippen LogP contribution in [0.15, 0.2) is 0 Å². The van der Waals surface area contributed by atoms with Crippen LogP contribution in [-0.4, -0.2) is 47.2 Å². The number of aliphatic hydroxyl groups is 1. The lowest BCUT2D eigenvalue weighted by molar-refractivity contribution is -0.123. The molecule has 0 unspecified atom stereocenters. The van der Waals surface area contributed by atoms with Gasteiger partial charge in [-0.3, -0.25) is 9.69 Å². The number of hydrogen-bond acceptors (Lipinski definition) is 3. The van der Waals surface area contributed by atoms with Crippen molar-refractivity contribution in [2.24, 2.45) is 0 Å².